The quantitative estimate of drug-likeness (QED) is 0.735. The van der Waals surface area contributed by atoms with Crippen molar-refractivity contribution >= 4 is 17.2 Å². The number of ether oxygens (including phenoxy) is 1. The topological polar surface area (TPSA) is 53.3 Å². The first-order valence-electron chi connectivity index (χ1n) is 7.51. The zero-order valence-electron chi connectivity index (χ0n) is 12.9. The lowest BCUT2D eigenvalue weighted by atomic mass is 10.2. The highest BCUT2D eigenvalue weighted by Crippen LogP contribution is 2.33. The standard InChI is InChI=1S/C17H13F3N2O2S/c18-17(19,20)24-13-5-1-11(2-6-13)14-7-8-15(25-14)16(23)22(10-9-21)12-3-4-12/h1-2,5-8,12H,3-4,10H2. The molecule has 0 bridgehead atoms. The number of nitriles is 1. The molecule has 0 spiro atoms. The zero-order valence-corrected chi connectivity index (χ0v) is 13.7. The van der Waals surface area contributed by atoms with Crippen molar-refractivity contribution in [3.05, 3.63) is 41.3 Å². The number of carbonyl (C=O) groups is 1. The van der Waals surface area contributed by atoms with Crippen LogP contribution in [-0.2, 0) is 0 Å². The monoisotopic (exact) mass is 366 g/mol. The van der Waals surface area contributed by atoms with Gasteiger partial charge in [0.25, 0.3) is 5.91 Å². The molecule has 1 aliphatic carbocycles. The summed E-state index contributed by atoms with van der Waals surface area (Å²) in [6.45, 7) is 0.0558. The number of nitrogens with zero attached hydrogens (tertiary/aromatic N) is 2. The van der Waals surface area contributed by atoms with Gasteiger partial charge in [-0.25, -0.2) is 0 Å². The van der Waals surface area contributed by atoms with Crippen molar-refractivity contribution in [1.29, 1.82) is 5.26 Å². The third-order valence-electron chi connectivity index (χ3n) is 3.68. The lowest BCUT2D eigenvalue weighted by Gasteiger charge is -2.17. The molecule has 1 heterocycles. The molecule has 0 unspecified atom stereocenters. The van der Waals surface area contributed by atoms with E-state index >= 15 is 0 Å². The number of carbonyl (C=O) groups excluding carboxylic acids is 1. The maximum absolute atomic E-state index is 12.5. The van der Waals surface area contributed by atoms with Crippen LogP contribution >= 0.6 is 11.3 Å². The van der Waals surface area contributed by atoms with Gasteiger partial charge in [-0.3, -0.25) is 4.79 Å². The molecular formula is C17H13F3N2O2S. The van der Waals surface area contributed by atoms with Crippen LogP contribution in [0.3, 0.4) is 0 Å². The predicted octanol–water partition coefficient (Wildman–Crippen LogP) is 4.44. The summed E-state index contributed by atoms with van der Waals surface area (Å²) < 4.78 is 40.4. The van der Waals surface area contributed by atoms with Gasteiger partial charge in [-0.15, -0.1) is 24.5 Å². The molecule has 4 nitrogen and oxygen atoms in total. The van der Waals surface area contributed by atoms with E-state index in [0.29, 0.717) is 10.4 Å². The molecule has 1 amide bonds. The van der Waals surface area contributed by atoms with E-state index in [1.165, 1.54) is 35.6 Å². The van der Waals surface area contributed by atoms with Crippen LogP contribution in [0.15, 0.2) is 36.4 Å². The summed E-state index contributed by atoms with van der Waals surface area (Å²) in [6, 6.07) is 11.0. The van der Waals surface area contributed by atoms with E-state index in [-0.39, 0.29) is 24.2 Å². The molecule has 0 aliphatic heterocycles. The highest BCUT2D eigenvalue weighted by Gasteiger charge is 2.33. The van der Waals surface area contributed by atoms with Crippen LogP contribution in [0, 0.1) is 11.3 Å². The number of rotatable bonds is 5. The fraction of sp³-hybridized carbons (Fsp3) is 0.294. The summed E-state index contributed by atoms with van der Waals surface area (Å²) in [7, 11) is 0. The zero-order chi connectivity index (χ0) is 18.0. The fourth-order valence-electron chi connectivity index (χ4n) is 2.40. The second kappa shape index (κ2) is 6.76. The third-order valence-corrected chi connectivity index (χ3v) is 4.80. The Labute approximate surface area is 146 Å². The molecule has 1 aromatic carbocycles. The molecule has 0 saturated heterocycles. The average molecular weight is 366 g/mol. The molecule has 25 heavy (non-hydrogen) atoms. The van der Waals surface area contributed by atoms with Gasteiger partial charge in [-0.05, 0) is 54.8 Å². The Kier molecular flexibility index (Phi) is 4.68. The lowest BCUT2D eigenvalue weighted by Crippen LogP contribution is -2.32. The average Bonchev–Trinajstić information content (AvgIpc) is 3.27. The van der Waals surface area contributed by atoms with E-state index in [2.05, 4.69) is 4.74 Å². The van der Waals surface area contributed by atoms with E-state index in [9.17, 15) is 18.0 Å². The number of thiophene rings is 1. The van der Waals surface area contributed by atoms with E-state index in [1.54, 1.807) is 17.0 Å². The largest absolute Gasteiger partial charge is 0.573 e. The van der Waals surface area contributed by atoms with Gasteiger partial charge in [0.1, 0.15) is 12.3 Å². The van der Waals surface area contributed by atoms with E-state index in [4.69, 9.17) is 5.26 Å². The predicted molar refractivity (Wildman–Crippen MR) is 86.1 cm³/mol. The fourth-order valence-corrected chi connectivity index (χ4v) is 3.37. The number of amides is 1. The van der Waals surface area contributed by atoms with Gasteiger partial charge in [0, 0.05) is 10.9 Å². The lowest BCUT2D eigenvalue weighted by molar-refractivity contribution is -0.274. The molecule has 1 saturated carbocycles. The number of alkyl halides is 3. The van der Waals surface area contributed by atoms with Gasteiger partial charge < -0.3 is 9.64 Å². The number of hydrogen-bond acceptors (Lipinski definition) is 4. The van der Waals surface area contributed by atoms with Crippen molar-refractivity contribution in [2.75, 3.05) is 6.54 Å². The van der Waals surface area contributed by atoms with Gasteiger partial charge in [0.05, 0.1) is 10.9 Å². The number of benzene rings is 1. The van der Waals surface area contributed by atoms with Crippen molar-refractivity contribution in [3.63, 3.8) is 0 Å². The first kappa shape index (κ1) is 17.3. The van der Waals surface area contributed by atoms with Crippen LogP contribution in [0.4, 0.5) is 13.2 Å². The molecular weight excluding hydrogens is 353 g/mol. The van der Waals surface area contributed by atoms with Gasteiger partial charge in [-0.1, -0.05) is 0 Å². The molecule has 130 valence electrons. The van der Waals surface area contributed by atoms with Gasteiger partial charge in [0.15, 0.2) is 0 Å². The molecule has 3 rings (SSSR count). The number of halogens is 3. The van der Waals surface area contributed by atoms with E-state index in [0.717, 1.165) is 17.7 Å². The molecule has 0 atom stereocenters. The van der Waals surface area contributed by atoms with Crippen LogP contribution in [0.25, 0.3) is 10.4 Å². The number of hydrogen-bond donors (Lipinski definition) is 0. The summed E-state index contributed by atoms with van der Waals surface area (Å²) in [6.07, 6.45) is -2.91. The van der Waals surface area contributed by atoms with E-state index in [1.807, 2.05) is 6.07 Å². The van der Waals surface area contributed by atoms with Crippen molar-refractivity contribution in [3.8, 4) is 22.3 Å². The van der Waals surface area contributed by atoms with Crippen LogP contribution in [0.5, 0.6) is 5.75 Å². The maximum Gasteiger partial charge on any atom is 0.573 e. The maximum atomic E-state index is 12.5. The minimum atomic E-state index is -4.73. The Hall–Kier alpha value is -2.53. The molecule has 0 radical (unpaired) electrons. The summed E-state index contributed by atoms with van der Waals surface area (Å²) >= 11 is 1.25. The molecule has 2 aromatic rings. The highest BCUT2D eigenvalue weighted by atomic mass is 32.1. The second-order valence-corrected chi connectivity index (χ2v) is 6.64. The first-order valence-corrected chi connectivity index (χ1v) is 8.33. The summed E-state index contributed by atoms with van der Waals surface area (Å²) in [5, 5.41) is 8.87. The SMILES string of the molecule is N#CCN(C(=O)c1ccc(-c2ccc(OC(F)(F)F)cc2)s1)C1CC1. The van der Waals surface area contributed by atoms with Crippen LogP contribution in [0.1, 0.15) is 22.5 Å². The Morgan fingerprint density at radius 1 is 1.24 bits per heavy atom. The van der Waals surface area contributed by atoms with Crippen LogP contribution in [-0.4, -0.2) is 29.8 Å². The van der Waals surface area contributed by atoms with E-state index < -0.39 is 6.36 Å². The van der Waals surface area contributed by atoms with Crippen molar-refractivity contribution in [2.45, 2.75) is 25.2 Å². The van der Waals surface area contributed by atoms with Crippen LogP contribution in [0.2, 0.25) is 0 Å². The Morgan fingerprint density at radius 2 is 1.92 bits per heavy atom. The van der Waals surface area contributed by atoms with Crippen molar-refractivity contribution < 1.29 is 22.7 Å². The molecule has 1 aromatic heterocycles. The Morgan fingerprint density at radius 3 is 2.48 bits per heavy atom. The minimum absolute atomic E-state index is 0.0558. The summed E-state index contributed by atoms with van der Waals surface area (Å²) in [4.78, 5) is 15.3. The molecule has 0 N–H and O–H groups in total. The van der Waals surface area contributed by atoms with Crippen molar-refractivity contribution in [1.82, 2.24) is 4.90 Å². The second-order valence-electron chi connectivity index (χ2n) is 5.56. The summed E-state index contributed by atoms with van der Waals surface area (Å²) in [5.74, 6) is -0.477. The summed E-state index contributed by atoms with van der Waals surface area (Å²) in [5.41, 5.74) is 0.692. The smallest absolute Gasteiger partial charge is 0.406 e. The highest BCUT2D eigenvalue weighted by molar-refractivity contribution is 7.17. The van der Waals surface area contributed by atoms with Gasteiger partial charge in [0.2, 0.25) is 0 Å². The van der Waals surface area contributed by atoms with Gasteiger partial charge in [-0.2, -0.15) is 5.26 Å². The van der Waals surface area contributed by atoms with Crippen molar-refractivity contribution in [2.24, 2.45) is 0 Å². The Bertz CT molecular complexity index is 805. The normalized spacial score (nSPS) is 14.0. The molecule has 8 heteroatoms. The third kappa shape index (κ3) is 4.31. The molecule has 1 aliphatic rings. The van der Waals surface area contributed by atoms with Crippen LogP contribution < -0.4 is 4.74 Å². The van der Waals surface area contributed by atoms with Gasteiger partial charge >= 0.3 is 6.36 Å². The molecule has 1 fully saturated rings. The minimum Gasteiger partial charge on any atom is -0.406 e. The Balaban J connectivity index is 1.75. The first-order chi connectivity index (χ1) is 11.9.